The van der Waals surface area contributed by atoms with Crippen LogP contribution in [0.25, 0.3) is 0 Å². The van der Waals surface area contributed by atoms with E-state index in [1.54, 1.807) is 0 Å². The van der Waals surface area contributed by atoms with Crippen molar-refractivity contribution in [2.75, 3.05) is 0 Å². The van der Waals surface area contributed by atoms with E-state index in [0.29, 0.717) is 0 Å². The van der Waals surface area contributed by atoms with E-state index in [4.69, 9.17) is 9.47 Å². The van der Waals surface area contributed by atoms with Crippen LogP contribution in [0.3, 0.4) is 0 Å². The van der Waals surface area contributed by atoms with Crippen molar-refractivity contribution in [3.63, 3.8) is 0 Å². The molecule has 0 spiro atoms. The predicted octanol–water partition coefficient (Wildman–Crippen LogP) is 0.725. The minimum atomic E-state index is -0.0770. The van der Waals surface area contributed by atoms with Crippen LogP contribution in [-0.4, -0.2) is 24.3 Å². The molecule has 2 aliphatic heterocycles. The van der Waals surface area contributed by atoms with Crippen molar-refractivity contribution >= 4 is 5.97 Å². The predicted molar refractivity (Wildman–Crippen MR) is 38.0 cm³/mol. The number of carbonyl (C=O) groups is 1. The average Bonchev–Trinajstić information content (AvgIpc) is 2.38. The summed E-state index contributed by atoms with van der Waals surface area (Å²) >= 11 is 0. The van der Waals surface area contributed by atoms with Gasteiger partial charge >= 0.3 is 5.97 Å². The third kappa shape index (κ3) is 0.948. The molecule has 11 heavy (non-hydrogen) atoms. The summed E-state index contributed by atoms with van der Waals surface area (Å²) in [6.45, 7) is 3.89. The molecule has 0 radical (unpaired) electrons. The number of rotatable bonds is 0. The number of carbonyl (C=O) groups excluding carboxylic acids is 1. The Balaban J connectivity index is 2.16. The summed E-state index contributed by atoms with van der Waals surface area (Å²) in [5, 5.41) is 0. The molecule has 2 rings (SSSR count). The van der Waals surface area contributed by atoms with Gasteiger partial charge < -0.3 is 9.47 Å². The Morgan fingerprint density at radius 2 is 2.18 bits per heavy atom. The van der Waals surface area contributed by atoms with Crippen LogP contribution in [0.1, 0.15) is 20.3 Å². The molecule has 0 saturated carbocycles. The SMILES string of the molecule is CC1CC2C(=O)OC(C)C2O1. The van der Waals surface area contributed by atoms with Gasteiger partial charge in [0.05, 0.1) is 12.0 Å². The number of cyclic esters (lactones) is 1. The molecule has 0 aromatic rings. The molecule has 0 aliphatic carbocycles. The lowest BCUT2D eigenvalue weighted by molar-refractivity contribution is -0.145. The van der Waals surface area contributed by atoms with Gasteiger partial charge in [0.2, 0.25) is 0 Å². The molecule has 0 aromatic carbocycles. The maximum absolute atomic E-state index is 11.1. The Labute approximate surface area is 65.7 Å². The highest BCUT2D eigenvalue weighted by atomic mass is 16.6. The second kappa shape index (κ2) is 2.21. The molecule has 62 valence electrons. The Kier molecular flexibility index (Phi) is 1.42. The van der Waals surface area contributed by atoms with E-state index in [0.717, 1.165) is 6.42 Å². The van der Waals surface area contributed by atoms with Crippen LogP contribution in [0.5, 0.6) is 0 Å². The lowest BCUT2D eigenvalue weighted by Crippen LogP contribution is -2.21. The van der Waals surface area contributed by atoms with Crippen molar-refractivity contribution in [1.29, 1.82) is 0 Å². The van der Waals surface area contributed by atoms with E-state index in [-0.39, 0.29) is 30.2 Å². The Bertz CT molecular complexity index is 190. The van der Waals surface area contributed by atoms with Crippen molar-refractivity contribution in [3.05, 3.63) is 0 Å². The van der Waals surface area contributed by atoms with Gasteiger partial charge in [-0.15, -0.1) is 0 Å². The third-order valence-corrected chi connectivity index (χ3v) is 2.44. The molecule has 4 atom stereocenters. The topological polar surface area (TPSA) is 35.5 Å². The molecule has 4 unspecified atom stereocenters. The monoisotopic (exact) mass is 156 g/mol. The summed E-state index contributed by atoms with van der Waals surface area (Å²) < 4.78 is 10.5. The van der Waals surface area contributed by atoms with Crippen LogP contribution in [0.4, 0.5) is 0 Å². The zero-order valence-corrected chi connectivity index (χ0v) is 6.74. The first-order valence-electron chi connectivity index (χ1n) is 4.04. The minimum Gasteiger partial charge on any atom is -0.460 e. The molecular formula is C8H12O3. The first-order valence-corrected chi connectivity index (χ1v) is 4.04. The number of ether oxygens (including phenoxy) is 2. The van der Waals surface area contributed by atoms with Gasteiger partial charge in [-0.2, -0.15) is 0 Å². The highest BCUT2D eigenvalue weighted by Crippen LogP contribution is 2.35. The smallest absolute Gasteiger partial charge is 0.312 e. The van der Waals surface area contributed by atoms with Crippen LogP contribution in [0.15, 0.2) is 0 Å². The molecular weight excluding hydrogens is 144 g/mol. The van der Waals surface area contributed by atoms with Gasteiger partial charge in [0, 0.05) is 0 Å². The lowest BCUT2D eigenvalue weighted by atomic mass is 10.00. The number of fused-ring (bicyclic) bond motifs is 1. The fourth-order valence-corrected chi connectivity index (χ4v) is 1.92. The molecule has 2 aliphatic rings. The Hall–Kier alpha value is -0.570. The molecule has 2 saturated heterocycles. The molecule has 0 N–H and O–H groups in total. The van der Waals surface area contributed by atoms with Gasteiger partial charge in [0.1, 0.15) is 12.2 Å². The van der Waals surface area contributed by atoms with E-state index in [1.807, 2.05) is 13.8 Å². The Morgan fingerprint density at radius 1 is 1.45 bits per heavy atom. The van der Waals surface area contributed by atoms with Crippen molar-refractivity contribution in [2.24, 2.45) is 5.92 Å². The fourth-order valence-electron chi connectivity index (χ4n) is 1.92. The first kappa shape index (κ1) is 7.10. The van der Waals surface area contributed by atoms with Gasteiger partial charge in [0.25, 0.3) is 0 Å². The molecule has 3 nitrogen and oxygen atoms in total. The molecule has 0 amide bonds. The molecule has 0 aromatic heterocycles. The summed E-state index contributed by atoms with van der Waals surface area (Å²) in [6.07, 6.45) is 1.03. The van der Waals surface area contributed by atoms with Crippen molar-refractivity contribution in [3.8, 4) is 0 Å². The number of hydrogen-bond donors (Lipinski definition) is 0. The van der Waals surface area contributed by atoms with E-state index in [2.05, 4.69) is 0 Å². The van der Waals surface area contributed by atoms with Crippen LogP contribution < -0.4 is 0 Å². The van der Waals surface area contributed by atoms with Gasteiger partial charge in [-0.05, 0) is 20.3 Å². The van der Waals surface area contributed by atoms with Crippen LogP contribution >= 0.6 is 0 Å². The molecule has 2 fully saturated rings. The molecule has 2 heterocycles. The quantitative estimate of drug-likeness (QED) is 0.485. The van der Waals surface area contributed by atoms with Crippen LogP contribution in [0.2, 0.25) is 0 Å². The highest BCUT2D eigenvalue weighted by Gasteiger charge is 2.48. The van der Waals surface area contributed by atoms with E-state index in [1.165, 1.54) is 0 Å². The van der Waals surface area contributed by atoms with Crippen molar-refractivity contribution in [2.45, 2.75) is 38.6 Å². The maximum atomic E-state index is 11.1. The highest BCUT2D eigenvalue weighted by molar-refractivity contribution is 5.76. The van der Waals surface area contributed by atoms with Crippen LogP contribution in [0, 0.1) is 5.92 Å². The summed E-state index contributed by atoms with van der Waals surface area (Å²) in [4.78, 5) is 11.1. The second-order valence-corrected chi connectivity index (χ2v) is 3.40. The second-order valence-electron chi connectivity index (χ2n) is 3.40. The number of hydrogen-bond acceptors (Lipinski definition) is 3. The lowest BCUT2D eigenvalue weighted by Gasteiger charge is -2.11. The van der Waals surface area contributed by atoms with Crippen molar-refractivity contribution in [1.82, 2.24) is 0 Å². The molecule has 3 heteroatoms. The summed E-state index contributed by atoms with van der Waals surface area (Å²) in [5.41, 5.74) is 0. The largest absolute Gasteiger partial charge is 0.460 e. The summed E-state index contributed by atoms with van der Waals surface area (Å²) in [7, 11) is 0. The molecule has 0 bridgehead atoms. The standard InChI is InChI=1S/C8H12O3/c1-4-3-6-7(10-4)5(2)11-8(6)9/h4-7H,3H2,1-2H3. The first-order chi connectivity index (χ1) is 5.18. The Morgan fingerprint density at radius 3 is 2.82 bits per heavy atom. The average molecular weight is 156 g/mol. The zero-order valence-electron chi connectivity index (χ0n) is 6.74. The zero-order chi connectivity index (χ0) is 8.01. The van der Waals surface area contributed by atoms with Crippen LogP contribution in [-0.2, 0) is 14.3 Å². The fraction of sp³-hybridized carbons (Fsp3) is 0.875. The van der Waals surface area contributed by atoms with E-state index >= 15 is 0 Å². The summed E-state index contributed by atoms with van der Waals surface area (Å²) in [5.74, 6) is -0.0631. The minimum absolute atomic E-state index is 0.0139. The summed E-state index contributed by atoms with van der Waals surface area (Å²) in [6, 6.07) is 0. The van der Waals surface area contributed by atoms with Gasteiger partial charge in [-0.1, -0.05) is 0 Å². The van der Waals surface area contributed by atoms with Gasteiger partial charge in [0.15, 0.2) is 0 Å². The number of esters is 1. The van der Waals surface area contributed by atoms with E-state index in [9.17, 15) is 4.79 Å². The maximum Gasteiger partial charge on any atom is 0.312 e. The third-order valence-electron chi connectivity index (χ3n) is 2.44. The van der Waals surface area contributed by atoms with Crippen molar-refractivity contribution < 1.29 is 14.3 Å². The van der Waals surface area contributed by atoms with Gasteiger partial charge in [-0.25, -0.2) is 0 Å². The van der Waals surface area contributed by atoms with Gasteiger partial charge in [-0.3, -0.25) is 4.79 Å². The van der Waals surface area contributed by atoms with E-state index < -0.39 is 0 Å². The normalized spacial score (nSPS) is 49.1.